The molecule has 0 aliphatic rings. The summed E-state index contributed by atoms with van der Waals surface area (Å²) in [6, 6.07) is 0. The zero-order valence-electron chi connectivity index (χ0n) is 5.44. The van der Waals surface area contributed by atoms with E-state index in [0.717, 1.165) is 0 Å². The van der Waals surface area contributed by atoms with E-state index in [4.69, 9.17) is 11.6 Å². The van der Waals surface area contributed by atoms with Crippen LogP contribution < -0.4 is 0 Å². The lowest BCUT2D eigenvalue weighted by molar-refractivity contribution is -0.112. The molecule has 46 valence electrons. The standard InChI is InChI=1S/C5H10BClO/c1-3(2)4(6)5(7)8/h3-4H,6H2,1-2H3/t4-/m0/s1. The van der Waals surface area contributed by atoms with E-state index in [0.29, 0.717) is 5.92 Å². The lowest BCUT2D eigenvalue weighted by Gasteiger charge is -2.07. The van der Waals surface area contributed by atoms with Crippen LogP contribution in [0.4, 0.5) is 0 Å². The van der Waals surface area contributed by atoms with E-state index in [1.54, 1.807) is 0 Å². The van der Waals surface area contributed by atoms with Crippen molar-refractivity contribution >= 4 is 24.7 Å². The SMILES string of the molecule is B[C@H](C(=O)Cl)C(C)C. The van der Waals surface area contributed by atoms with Gasteiger partial charge in [0.25, 0.3) is 0 Å². The Kier molecular flexibility index (Phi) is 3.14. The van der Waals surface area contributed by atoms with Gasteiger partial charge in [0.15, 0.2) is 0 Å². The molecule has 0 aliphatic heterocycles. The van der Waals surface area contributed by atoms with Gasteiger partial charge in [0.2, 0.25) is 5.24 Å². The molecule has 0 spiro atoms. The predicted molar refractivity (Wildman–Crippen MR) is 38.0 cm³/mol. The van der Waals surface area contributed by atoms with E-state index in [-0.39, 0.29) is 11.1 Å². The van der Waals surface area contributed by atoms with Crippen LogP contribution in [0.3, 0.4) is 0 Å². The third-order valence-corrected chi connectivity index (χ3v) is 1.70. The van der Waals surface area contributed by atoms with Gasteiger partial charge in [-0.15, -0.1) is 0 Å². The number of carbonyl (C=O) groups is 1. The highest BCUT2D eigenvalue weighted by Gasteiger charge is 2.12. The summed E-state index contributed by atoms with van der Waals surface area (Å²) in [5.41, 5.74) is 0. The Morgan fingerprint density at radius 1 is 1.62 bits per heavy atom. The molecule has 0 saturated heterocycles. The van der Waals surface area contributed by atoms with Crippen molar-refractivity contribution in [3.63, 3.8) is 0 Å². The molecular formula is C5H10BClO. The first-order valence-corrected chi connectivity index (χ1v) is 3.13. The molecule has 0 aromatic rings. The second-order valence-electron chi connectivity index (χ2n) is 2.34. The highest BCUT2D eigenvalue weighted by Crippen LogP contribution is 2.15. The van der Waals surface area contributed by atoms with Crippen LogP contribution in [0.1, 0.15) is 13.8 Å². The third kappa shape index (κ3) is 2.36. The van der Waals surface area contributed by atoms with Crippen LogP contribution in [0.15, 0.2) is 0 Å². The molecule has 0 N–H and O–H groups in total. The van der Waals surface area contributed by atoms with Crippen molar-refractivity contribution in [3.8, 4) is 0 Å². The number of rotatable bonds is 2. The zero-order chi connectivity index (χ0) is 6.73. The largest absolute Gasteiger partial charge is 0.282 e. The van der Waals surface area contributed by atoms with Gasteiger partial charge in [-0.1, -0.05) is 13.8 Å². The Balaban J connectivity index is 3.64. The summed E-state index contributed by atoms with van der Waals surface area (Å²) in [4.78, 5) is 10.4. The van der Waals surface area contributed by atoms with Gasteiger partial charge in [-0.3, -0.25) is 4.79 Å². The topological polar surface area (TPSA) is 17.1 Å². The summed E-state index contributed by atoms with van der Waals surface area (Å²) in [5, 5.41) is -0.236. The molecular weight excluding hydrogens is 122 g/mol. The van der Waals surface area contributed by atoms with Gasteiger partial charge in [0, 0.05) is 5.82 Å². The minimum absolute atomic E-state index is 0.00309. The lowest BCUT2D eigenvalue weighted by Crippen LogP contribution is -2.07. The molecule has 0 heterocycles. The molecule has 8 heavy (non-hydrogen) atoms. The molecule has 0 aromatic heterocycles. The van der Waals surface area contributed by atoms with E-state index in [1.165, 1.54) is 0 Å². The van der Waals surface area contributed by atoms with Gasteiger partial charge in [-0.25, -0.2) is 0 Å². The van der Waals surface area contributed by atoms with Crippen LogP contribution in [0, 0.1) is 5.92 Å². The number of hydrogen-bond acceptors (Lipinski definition) is 1. The summed E-state index contributed by atoms with van der Waals surface area (Å²) < 4.78 is 0. The third-order valence-electron chi connectivity index (χ3n) is 1.36. The van der Waals surface area contributed by atoms with Crippen molar-refractivity contribution in [3.05, 3.63) is 0 Å². The average molecular weight is 132 g/mol. The monoisotopic (exact) mass is 132 g/mol. The van der Waals surface area contributed by atoms with E-state index >= 15 is 0 Å². The molecule has 1 atom stereocenters. The zero-order valence-corrected chi connectivity index (χ0v) is 6.20. The summed E-state index contributed by atoms with van der Waals surface area (Å²) in [5.74, 6) is 0.358. The quantitative estimate of drug-likeness (QED) is 0.402. The smallest absolute Gasteiger partial charge is 0.217 e. The molecule has 3 heteroatoms. The van der Waals surface area contributed by atoms with Crippen LogP contribution >= 0.6 is 11.6 Å². The van der Waals surface area contributed by atoms with Crippen molar-refractivity contribution in [2.24, 2.45) is 5.92 Å². The van der Waals surface area contributed by atoms with E-state index < -0.39 is 0 Å². The Labute approximate surface area is 55.8 Å². The van der Waals surface area contributed by atoms with Crippen molar-refractivity contribution in [1.82, 2.24) is 0 Å². The van der Waals surface area contributed by atoms with Gasteiger partial charge in [-0.05, 0) is 17.5 Å². The van der Waals surface area contributed by atoms with Crippen molar-refractivity contribution in [2.75, 3.05) is 0 Å². The summed E-state index contributed by atoms with van der Waals surface area (Å²) in [6.45, 7) is 3.95. The number of carbonyl (C=O) groups excluding carboxylic acids is 1. The van der Waals surface area contributed by atoms with Gasteiger partial charge >= 0.3 is 0 Å². The minimum Gasteiger partial charge on any atom is -0.282 e. The summed E-state index contributed by atoms with van der Waals surface area (Å²) in [6.07, 6.45) is 0. The Bertz CT molecular complexity index is 92.4. The molecule has 1 nitrogen and oxygen atoms in total. The maximum atomic E-state index is 10.4. The van der Waals surface area contributed by atoms with Crippen LogP contribution in [0.5, 0.6) is 0 Å². The predicted octanol–water partition coefficient (Wildman–Crippen LogP) is 0.829. The molecule has 0 saturated carbocycles. The Morgan fingerprint density at radius 2 is 2.00 bits per heavy atom. The van der Waals surface area contributed by atoms with Crippen molar-refractivity contribution < 1.29 is 4.79 Å². The Morgan fingerprint density at radius 3 is 2.00 bits per heavy atom. The normalized spacial score (nSPS) is 14.0. The van der Waals surface area contributed by atoms with Crippen molar-refractivity contribution in [1.29, 1.82) is 0 Å². The number of hydrogen-bond donors (Lipinski definition) is 0. The fraction of sp³-hybridized carbons (Fsp3) is 0.800. The maximum Gasteiger partial charge on any atom is 0.217 e. The summed E-state index contributed by atoms with van der Waals surface area (Å²) >= 11 is 5.18. The fourth-order valence-corrected chi connectivity index (χ4v) is 0.514. The maximum absolute atomic E-state index is 10.4. The molecule has 0 bridgehead atoms. The van der Waals surface area contributed by atoms with Crippen molar-refractivity contribution in [2.45, 2.75) is 19.7 Å². The molecule has 0 fully saturated rings. The molecule has 0 aliphatic carbocycles. The summed E-state index contributed by atoms with van der Waals surface area (Å²) in [7, 11) is 1.83. The molecule has 0 radical (unpaired) electrons. The fourth-order valence-electron chi connectivity index (χ4n) is 0.262. The second kappa shape index (κ2) is 3.13. The van der Waals surface area contributed by atoms with Crippen LogP contribution in [-0.4, -0.2) is 13.1 Å². The first-order chi connectivity index (χ1) is 3.55. The van der Waals surface area contributed by atoms with Crippen LogP contribution in [-0.2, 0) is 4.79 Å². The lowest BCUT2D eigenvalue weighted by atomic mass is 9.79. The van der Waals surface area contributed by atoms with Gasteiger partial charge in [-0.2, -0.15) is 0 Å². The number of halogens is 1. The second-order valence-corrected chi connectivity index (χ2v) is 2.71. The van der Waals surface area contributed by atoms with E-state index in [1.807, 2.05) is 21.7 Å². The van der Waals surface area contributed by atoms with E-state index in [2.05, 4.69) is 0 Å². The molecule has 0 unspecified atom stereocenters. The molecule has 0 rings (SSSR count). The van der Waals surface area contributed by atoms with Crippen LogP contribution in [0.25, 0.3) is 0 Å². The minimum atomic E-state index is -0.236. The van der Waals surface area contributed by atoms with Gasteiger partial charge in [0.1, 0.15) is 7.85 Å². The van der Waals surface area contributed by atoms with E-state index in [9.17, 15) is 4.79 Å². The average Bonchev–Trinajstić information content (AvgIpc) is 1.64. The molecule has 0 aromatic carbocycles. The Hall–Kier alpha value is 0.0249. The first-order valence-electron chi connectivity index (χ1n) is 2.75. The first kappa shape index (κ1) is 8.02. The van der Waals surface area contributed by atoms with Gasteiger partial charge < -0.3 is 0 Å². The molecule has 0 amide bonds. The van der Waals surface area contributed by atoms with Crippen LogP contribution in [0.2, 0.25) is 5.82 Å². The highest BCUT2D eigenvalue weighted by molar-refractivity contribution is 6.68. The highest BCUT2D eigenvalue weighted by atomic mass is 35.5. The van der Waals surface area contributed by atoms with Gasteiger partial charge in [0.05, 0.1) is 0 Å².